The van der Waals surface area contributed by atoms with Crippen molar-refractivity contribution in [2.24, 2.45) is 17.1 Å². The lowest BCUT2D eigenvalue weighted by Gasteiger charge is -2.26. The number of hydrogen-bond donors (Lipinski definition) is 2. The highest BCUT2D eigenvalue weighted by atomic mass is 16.1. The molecule has 0 aliphatic carbocycles. The second-order valence-electron chi connectivity index (χ2n) is 5.48. The molecule has 0 aromatic heterocycles. The topological polar surface area (TPSA) is 55.1 Å². The normalized spacial score (nSPS) is 15.8. The summed E-state index contributed by atoms with van der Waals surface area (Å²) >= 11 is 0. The van der Waals surface area contributed by atoms with Crippen molar-refractivity contribution in [2.75, 3.05) is 6.54 Å². The van der Waals surface area contributed by atoms with Crippen LogP contribution in [0.4, 0.5) is 0 Å². The lowest BCUT2D eigenvalue weighted by atomic mass is 9.91. The number of hydrogen-bond acceptors (Lipinski definition) is 2. The van der Waals surface area contributed by atoms with Gasteiger partial charge in [-0.05, 0) is 32.6 Å². The van der Waals surface area contributed by atoms with Gasteiger partial charge in [-0.1, -0.05) is 27.2 Å². The predicted molar refractivity (Wildman–Crippen MR) is 69.1 cm³/mol. The van der Waals surface area contributed by atoms with E-state index in [4.69, 9.17) is 5.73 Å². The van der Waals surface area contributed by atoms with Crippen LogP contribution >= 0.6 is 0 Å². The zero-order valence-electron chi connectivity index (χ0n) is 11.5. The van der Waals surface area contributed by atoms with Gasteiger partial charge in [0.05, 0.1) is 5.41 Å². The van der Waals surface area contributed by atoms with E-state index in [1.807, 2.05) is 13.8 Å². The van der Waals surface area contributed by atoms with Crippen LogP contribution in [-0.4, -0.2) is 18.5 Å². The van der Waals surface area contributed by atoms with Crippen molar-refractivity contribution in [2.45, 2.75) is 59.9 Å². The van der Waals surface area contributed by atoms with Crippen molar-refractivity contribution in [3.63, 3.8) is 0 Å². The van der Waals surface area contributed by atoms with Crippen LogP contribution < -0.4 is 11.1 Å². The van der Waals surface area contributed by atoms with Crippen molar-refractivity contribution >= 4 is 5.91 Å². The van der Waals surface area contributed by atoms with E-state index in [0.717, 1.165) is 12.3 Å². The van der Waals surface area contributed by atoms with Crippen LogP contribution in [0, 0.1) is 11.3 Å². The Kier molecular flexibility index (Phi) is 6.65. The molecule has 0 aromatic rings. The Morgan fingerprint density at radius 3 is 2.25 bits per heavy atom. The van der Waals surface area contributed by atoms with Gasteiger partial charge in [0, 0.05) is 12.6 Å². The number of rotatable bonds is 8. The Bertz CT molecular complexity index is 214. The fourth-order valence-electron chi connectivity index (χ4n) is 1.53. The zero-order valence-corrected chi connectivity index (χ0v) is 11.5. The van der Waals surface area contributed by atoms with E-state index in [1.54, 1.807) is 0 Å². The minimum absolute atomic E-state index is 0.238. The van der Waals surface area contributed by atoms with E-state index in [0.29, 0.717) is 12.6 Å². The molecule has 0 radical (unpaired) electrons. The fraction of sp³-hybridized carbons (Fsp3) is 0.923. The van der Waals surface area contributed by atoms with E-state index in [-0.39, 0.29) is 5.91 Å². The summed E-state index contributed by atoms with van der Waals surface area (Å²) in [5, 5.41) is 3.46. The number of nitrogens with two attached hydrogens (primary N) is 1. The average molecular weight is 228 g/mol. The van der Waals surface area contributed by atoms with Gasteiger partial charge in [0.15, 0.2) is 0 Å². The van der Waals surface area contributed by atoms with Gasteiger partial charge in [0.25, 0.3) is 0 Å². The molecule has 0 aliphatic heterocycles. The molecule has 0 rings (SSSR count). The van der Waals surface area contributed by atoms with Crippen LogP contribution in [0.3, 0.4) is 0 Å². The van der Waals surface area contributed by atoms with Crippen molar-refractivity contribution in [1.82, 2.24) is 5.32 Å². The number of nitrogens with one attached hydrogen (secondary N) is 1. The molecule has 0 aromatic carbocycles. The third-order valence-corrected chi connectivity index (χ3v) is 3.38. The molecule has 0 saturated heterocycles. The molecule has 0 fully saturated rings. The standard InChI is InChI=1S/C13H28N2O/c1-6-10(3)8-11(7-2)15-9-13(4,5)12(14)16/h10-11,15H,6-9H2,1-5H3,(H2,14,16). The van der Waals surface area contributed by atoms with Crippen LogP contribution in [0.2, 0.25) is 0 Å². The van der Waals surface area contributed by atoms with E-state index in [9.17, 15) is 4.79 Å². The molecular weight excluding hydrogens is 200 g/mol. The second kappa shape index (κ2) is 6.89. The minimum atomic E-state index is -0.455. The van der Waals surface area contributed by atoms with Gasteiger partial charge in [-0.3, -0.25) is 4.79 Å². The SMILES string of the molecule is CCC(C)CC(CC)NCC(C)(C)C(N)=O. The number of carbonyl (C=O) groups excluding carboxylic acids is 1. The van der Waals surface area contributed by atoms with Gasteiger partial charge in [0.1, 0.15) is 0 Å². The van der Waals surface area contributed by atoms with Crippen molar-refractivity contribution in [3.05, 3.63) is 0 Å². The first-order valence-corrected chi connectivity index (χ1v) is 6.36. The van der Waals surface area contributed by atoms with Crippen LogP contribution in [0.1, 0.15) is 53.9 Å². The fourth-order valence-corrected chi connectivity index (χ4v) is 1.53. The monoisotopic (exact) mass is 228 g/mol. The summed E-state index contributed by atoms with van der Waals surface area (Å²) in [6.07, 6.45) is 3.47. The summed E-state index contributed by atoms with van der Waals surface area (Å²) in [5.74, 6) is 0.493. The maximum atomic E-state index is 11.2. The van der Waals surface area contributed by atoms with Crippen LogP contribution in [-0.2, 0) is 4.79 Å². The molecule has 0 bridgehead atoms. The van der Waals surface area contributed by atoms with Gasteiger partial charge in [-0.15, -0.1) is 0 Å². The smallest absolute Gasteiger partial charge is 0.224 e. The summed E-state index contributed by atoms with van der Waals surface area (Å²) in [5.41, 5.74) is 4.89. The first kappa shape index (κ1) is 15.4. The first-order valence-electron chi connectivity index (χ1n) is 6.36. The molecule has 0 aliphatic rings. The Labute approximate surface area is 100 Å². The Morgan fingerprint density at radius 1 is 1.31 bits per heavy atom. The van der Waals surface area contributed by atoms with E-state index < -0.39 is 5.41 Å². The van der Waals surface area contributed by atoms with Gasteiger partial charge < -0.3 is 11.1 Å². The highest BCUT2D eigenvalue weighted by Crippen LogP contribution is 2.16. The average Bonchev–Trinajstić information content (AvgIpc) is 2.23. The van der Waals surface area contributed by atoms with Gasteiger partial charge in [-0.2, -0.15) is 0 Å². The molecule has 16 heavy (non-hydrogen) atoms. The summed E-state index contributed by atoms with van der Waals surface area (Å²) < 4.78 is 0. The quantitative estimate of drug-likeness (QED) is 0.670. The van der Waals surface area contributed by atoms with Crippen LogP contribution in [0.15, 0.2) is 0 Å². The molecule has 0 spiro atoms. The maximum Gasteiger partial charge on any atom is 0.224 e. The molecule has 3 N–H and O–H groups in total. The Hall–Kier alpha value is -0.570. The van der Waals surface area contributed by atoms with Crippen molar-refractivity contribution in [1.29, 1.82) is 0 Å². The number of amides is 1. The molecule has 3 nitrogen and oxygen atoms in total. The minimum Gasteiger partial charge on any atom is -0.369 e. The van der Waals surface area contributed by atoms with E-state index in [2.05, 4.69) is 26.1 Å². The molecular formula is C13H28N2O. The lowest BCUT2D eigenvalue weighted by molar-refractivity contribution is -0.125. The van der Waals surface area contributed by atoms with Gasteiger partial charge >= 0.3 is 0 Å². The van der Waals surface area contributed by atoms with Crippen molar-refractivity contribution < 1.29 is 4.79 Å². The molecule has 2 atom stereocenters. The molecule has 3 heteroatoms. The third-order valence-electron chi connectivity index (χ3n) is 3.38. The highest BCUT2D eigenvalue weighted by molar-refractivity contribution is 5.80. The summed E-state index contributed by atoms with van der Waals surface area (Å²) in [7, 11) is 0. The zero-order chi connectivity index (χ0) is 12.8. The molecule has 0 heterocycles. The van der Waals surface area contributed by atoms with Crippen molar-refractivity contribution in [3.8, 4) is 0 Å². The number of carbonyl (C=O) groups is 1. The molecule has 2 unspecified atom stereocenters. The Balaban J connectivity index is 4.09. The lowest BCUT2D eigenvalue weighted by Crippen LogP contribution is -2.44. The highest BCUT2D eigenvalue weighted by Gasteiger charge is 2.25. The predicted octanol–water partition coefficient (Wildman–Crippen LogP) is 2.30. The van der Waals surface area contributed by atoms with Crippen LogP contribution in [0.25, 0.3) is 0 Å². The summed E-state index contributed by atoms with van der Waals surface area (Å²) in [4.78, 5) is 11.2. The third kappa shape index (κ3) is 5.50. The Morgan fingerprint density at radius 2 is 1.88 bits per heavy atom. The first-order chi connectivity index (χ1) is 7.33. The van der Waals surface area contributed by atoms with Gasteiger partial charge in [0.2, 0.25) is 5.91 Å². The summed E-state index contributed by atoms with van der Waals surface area (Å²) in [6.45, 7) is 11.1. The van der Waals surface area contributed by atoms with E-state index in [1.165, 1.54) is 12.8 Å². The summed E-state index contributed by atoms with van der Waals surface area (Å²) in [6, 6.07) is 0.494. The number of primary amides is 1. The van der Waals surface area contributed by atoms with E-state index >= 15 is 0 Å². The largest absolute Gasteiger partial charge is 0.369 e. The van der Waals surface area contributed by atoms with Gasteiger partial charge in [-0.25, -0.2) is 0 Å². The molecule has 0 saturated carbocycles. The second-order valence-corrected chi connectivity index (χ2v) is 5.48. The maximum absolute atomic E-state index is 11.2. The molecule has 1 amide bonds. The molecule has 96 valence electrons. The van der Waals surface area contributed by atoms with Crippen LogP contribution in [0.5, 0.6) is 0 Å².